The Morgan fingerprint density at radius 2 is 2.10 bits per heavy atom. The van der Waals surface area contributed by atoms with Crippen LogP contribution in [0.4, 0.5) is 5.69 Å². The summed E-state index contributed by atoms with van der Waals surface area (Å²) in [4.78, 5) is 21.1. The molecule has 104 valence electrons. The number of carboxylic acid groups (broad SMARTS) is 1. The Hall–Kier alpha value is -2.90. The van der Waals surface area contributed by atoms with Crippen LogP contribution in [-0.4, -0.2) is 32.4 Å². The second kappa shape index (κ2) is 5.39. The summed E-state index contributed by atoms with van der Waals surface area (Å²) in [7, 11) is 0. The summed E-state index contributed by atoms with van der Waals surface area (Å²) in [6.07, 6.45) is 1.42. The van der Waals surface area contributed by atoms with Crippen molar-refractivity contribution in [2.24, 2.45) is 0 Å². The van der Waals surface area contributed by atoms with Crippen LogP contribution < -0.4 is 4.74 Å². The maximum Gasteiger partial charge on any atom is 0.360 e. The summed E-state index contributed by atoms with van der Waals surface area (Å²) in [6, 6.07) is 5.59. The van der Waals surface area contributed by atoms with Gasteiger partial charge in [-0.15, -0.1) is 0 Å². The van der Waals surface area contributed by atoms with Gasteiger partial charge >= 0.3 is 5.97 Å². The van der Waals surface area contributed by atoms with Crippen molar-refractivity contribution in [3.05, 3.63) is 46.3 Å². The minimum absolute atomic E-state index is 0.0515. The monoisotopic (exact) mass is 277 g/mol. The first-order valence-electron chi connectivity index (χ1n) is 5.73. The molecule has 0 fully saturated rings. The fourth-order valence-electron chi connectivity index (χ4n) is 1.63. The number of nitrogens with zero attached hydrogens (tertiary/aromatic N) is 3. The smallest absolute Gasteiger partial charge is 0.360 e. The zero-order valence-corrected chi connectivity index (χ0v) is 10.5. The number of hydrogen-bond acceptors (Lipinski definition) is 5. The second-order valence-electron chi connectivity index (χ2n) is 3.80. The highest BCUT2D eigenvalue weighted by Gasteiger charge is 2.18. The van der Waals surface area contributed by atoms with Crippen LogP contribution in [0.3, 0.4) is 0 Å². The third-order valence-corrected chi connectivity index (χ3v) is 2.51. The Kier molecular flexibility index (Phi) is 3.65. The van der Waals surface area contributed by atoms with Gasteiger partial charge in [-0.1, -0.05) is 0 Å². The van der Waals surface area contributed by atoms with Gasteiger partial charge < -0.3 is 9.84 Å². The van der Waals surface area contributed by atoms with Gasteiger partial charge in [0.1, 0.15) is 0 Å². The Morgan fingerprint density at radius 1 is 1.45 bits per heavy atom. The van der Waals surface area contributed by atoms with E-state index in [2.05, 4.69) is 5.10 Å². The number of aromatic carboxylic acids is 1. The molecule has 0 radical (unpaired) electrons. The molecule has 1 aromatic heterocycles. The molecule has 8 nitrogen and oxygen atoms in total. The number of carbonyl (C=O) groups is 1. The number of rotatable bonds is 5. The van der Waals surface area contributed by atoms with Crippen LogP contribution in [0.15, 0.2) is 30.5 Å². The third kappa shape index (κ3) is 2.58. The molecule has 1 aromatic carbocycles. The molecule has 0 unspecified atom stereocenters. The second-order valence-corrected chi connectivity index (χ2v) is 3.80. The van der Waals surface area contributed by atoms with Crippen LogP contribution >= 0.6 is 0 Å². The largest absolute Gasteiger partial charge is 0.490 e. The van der Waals surface area contributed by atoms with Crippen molar-refractivity contribution in [3.63, 3.8) is 0 Å². The van der Waals surface area contributed by atoms with E-state index < -0.39 is 10.9 Å². The minimum Gasteiger partial charge on any atom is -0.490 e. The lowest BCUT2D eigenvalue weighted by atomic mass is 10.3. The molecule has 1 heterocycles. The highest BCUT2D eigenvalue weighted by molar-refractivity contribution is 5.88. The van der Waals surface area contributed by atoms with E-state index in [4.69, 9.17) is 9.84 Å². The van der Waals surface area contributed by atoms with Crippen molar-refractivity contribution in [2.45, 2.75) is 6.92 Å². The van der Waals surface area contributed by atoms with E-state index in [0.29, 0.717) is 12.3 Å². The van der Waals surface area contributed by atoms with Gasteiger partial charge in [-0.2, -0.15) is 5.10 Å². The molecule has 0 saturated heterocycles. The van der Waals surface area contributed by atoms with Crippen LogP contribution in [0.1, 0.15) is 17.4 Å². The lowest BCUT2D eigenvalue weighted by Crippen LogP contribution is -2.03. The lowest BCUT2D eigenvalue weighted by molar-refractivity contribution is -0.384. The topological polar surface area (TPSA) is 107 Å². The van der Waals surface area contributed by atoms with Crippen molar-refractivity contribution in [3.8, 4) is 11.4 Å². The lowest BCUT2D eigenvalue weighted by Gasteiger charge is -2.00. The normalized spacial score (nSPS) is 10.2. The van der Waals surface area contributed by atoms with Crippen molar-refractivity contribution in [1.82, 2.24) is 9.78 Å². The highest BCUT2D eigenvalue weighted by Crippen LogP contribution is 2.21. The standard InChI is InChI=1S/C12H11N3O5/c1-2-20-10-7-14(13-11(10)12(16)17)8-3-5-9(6-4-8)15(18)19/h3-7H,2H2,1H3,(H,16,17). The number of non-ortho nitro benzene ring substituents is 1. The molecular weight excluding hydrogens is 266 g/mol. The number of aromatic nitrogens is 2. The predicted molar refractivity (Wildman–Crippen MR) is 68.3 cm³/mol. The number of carboxylic acids is 1. The SMILES string of the molecule is CCOc1cn(-c2ccc([N+](=O)[O-])cc2)nc1C(=O)O. The van der Waals surface area contributed by atoms with E-state index in [1.807, 2.05) is 0 Å². The summed E-state index contributed by atoms with van der Waals surface area (Å²) in [5.41, 5.74) is 0.249. The fraction of sp³-hybridized carbons (Fsp3) is 0.167. The molecular formula is C12H11N3O5. The maximum absolute atomic E-state index is 11.0. The van der Waals surface area contributed by atoms with Crippen LogP contribution in [0.2, 0.25) is 0 Å². The van der Waals surface area contributed by atoms with Gasteiger partial charge in [-0.05, 0) is 19.1 Å². The molecule has 1 N–H and O–H groups in total. The molecule has 0 aliphatic rings. The Balaban J connectivity index is 2.39. The van der Waals surface area contributed by atoms with Crippen LogP contribution in [0, 0.1) is 10.1 Å². The number of ether oxygens (including phenoxy) is 1. The summed E-state index contributed by atoms with van der Waals surface area (Å²) >= 11 is 0. The van der Waals surface area contributed by atoms with E-state index in [1.54, 1.807) is 6.92 Å². The third-order valence-electron chi connectivity index (χ3n) is 2.51. The fourth-order valence-corrected chi connectivity index (χ4v) is 1.63. The van der Waals surface area contributed by atoms with Crippen molar-refractivity contribution in [1.29, 1.82) is 0 Å². The quantitative estimate of drug-likeness (QED) is 0.660. The van der Waals surface area contributed by atoms with Crippen LogP contribution in [-0.2, 0) is 0 Å². The molecule has 0 aliphatic carbocycles. The molecule has 0 atom stereocenters. The maximum atomic E-state index is 11.0. The van der Waals surface area contributed by atoms with Crippen LogP contribution in [0.25, 0.3) is 5.69 Å². The summed E-state index contributed by atoms with van der Waals surface area (Å²) < 4.78 is 6.49. The molecule has 0 spiro atoms. The van der Waals surface area contributed by atoms with Gasteiger partial charge in [-0.25, -0.2) is 9.48 Å². The first-order chi connectivity index (χ1) is 9.52. The zero-order valence-electron chi connectivity index (χ0n) is 10.5. The molecule has 2 aromatic rings. The number of nitro groups is 1. The molecule has 20 heavy (non-hydrogen) atoms. The summed E-state index contributed by atoms with van der Waals surface area (Å²) in [5, 5.41) is 23.5. The van der Waals surface area contributed by atoms with Crippen molar-refractivity contribution in [2.75, 3.05) is 6.61 Å². The molecule has 0 bridgehead atoms. The number of benzene rings is 1. The van der Waals surface area contributed by atoms with E-state index in [1.165, 1.54) is 35.1 Å². The summed E-state index contributed by atoms with van der Waals surface area (Å²) in [5.74, 6) is -1.05. The van der Waals surface area contributed by atoms with E-state index >= 15 is 0 Å². The Labute approximate surface area is 113 Å². The van der Waals surface area contributed by atoms with E-state index in [-0.39, 0.29) is 17.1 Å². The first-order valence-corrected chi connectivity index (χ1v) is 5.73. The average molecular weight is 277 g/mol. The first kappa shape index (κ1) is 13.5. The van der Waals surface area contributed by atoms with Gasteiger partial charge in [0.2, 0.25) is 5.69 Å². The Morgan fingerprint density at radius 3 is 2.60 bits per heavy atom. The number of nitro benzene ring substituents is 1. The molecule has 0 aliphatic heterocycles. The predicted octanol–water partition coefficient (Wildman–Crippen LogP) is 1.88. The Bertz CT molecular complexity index is 648. The average Bonchev–Trinajstić information content (AvgIpc) is 2.83. The van der Waals surface area contributed by atoms with Crippen molar-refractivity contribution >= 4 is 11.7 Å². The molecule has 0 saturated carbocycles. The van der Waals surface area contributed by atoms with Gasteiger partial charge in [0, 0.05) is 12.1 Å². The van der Waals surface area contributed by atoms with E-state index in [9.17, 15) is 14.9 Å². The van der Waals surface area contributed by atoms with Crippen LogP contribution in [0.5, 0.6) is 5.75 Å². The molecule has 2 rings (SSSR count). The van der Waals surface area contributed by atoms with Gasteiger partial charge in [-0.3, -0.25) is 10.1 Å². The van der Waals surface area contributed by atoms with Gasteiger partial charge in [0.15, 0.2) is 5.75 Å². The van der Waals surface area contributed by atoms with E-state index in [0.717, 1.165) is 0 Å². The number of hydrogen-bond donors (Lipinski definition) is 1. The minimum atomic E-state index is -1.20. The summed E-state index contributed by atoms with van der Waals surface area (Å²) in [6.45, 7) is 2.04. The van der Waals surface area contributed by atoms with Gasteiger partial charge in [0.25, 0.3) is 5.69 Å². The molecule has 8 heteroatoms. The van der Waals surface area contributed by atoms with Gasteiger partial charge in [0.05, 0.1) is 23.4 Å². The van der Waals surface area contributed by atoms with Crippen molar-refractivity contribution < 1.29 is 19.6 Å². The highest BCUT2D eigenvalue weighted by atomic mass is 16.6. The zero-order chi connectivity index (χ0) is 14.7. The molecule has 0 amide bonds.